The molecule has 1 amide bonds. The first-order valence-corrected chi connectivity index (χ1v) is 7.39. The lowest BCUT2D eigenvalue weighted by atomic mass is 9.99. The van der Waals surface area contributed by atoms with Crippen LogP contribution in [0.4, 0.5) is 0 Å². The molecule has 2 aromatic rings. The van der Waals surface area contributed by atoms with Crippen LogP contribution in [0.15, 0.2) is 29.1 Å². The standard InChI is InChI=1S/C16H19N3O2/c1-11-5-4-8-19(10-11)15(20)9-14-12-6-2-3-7-13(12)16(21)18-17-14/h2-3,6-7,11H,4-5,8-10H2,1H3,(H,18,21). The number of benzene rings is 1. The number of aromatic nitrogens is 2. The summed E-state index contributed by atoms with van der Waals surface area (Å²) in [5, 5.41) is 7.91. The van der Waals surface area contributed by atoms with E-state index in [2.05, 4.69) is 17.1 Å². The van der Waals surface area contributed by atoms with Crippen molar-refractivity contribution in [3.8, 4) is 0 Å². The van der Waals surface area contributed by atoms with Crippen molar-refractivity contribution in [1.29, 1.82) is 0 Å². The first-order valence-electron chi connectivity index (χ1n) is 7.39. The number of rotatable bonds is 2. The molecule has 2 heterocycles. The number of likely N-dealkylation sites (tertiary alicyclic amines) is 1. The highest BCUT2D eigenvalue weighted by Crippen LogP contribution is 2.18. The van der Waals surface area contributed by atoms with E-state index in [1.807, 2.05) is 23.1 Å². The number of H-pyrrole nitrogens is 1. The second-order valence-electron chi connectivity index (χ2n) is 5.81. The molecule has 0 spiro atoms. The van der Waals surface area contributed by atoms with Crippen LogP contribution in [-0.2, 0) is 11.2 Å². The highest BCUT2D eigenvalue weighted by molar-refractivity contribution is 5.88. The summed E-state index contributed by atoms with van der Waals surface area (Å²) in [6.45, 7) is 3.82. The van der Waals surface area contributed by atoms with Gasteiger partial charge < -0.3 is 4.90 Å². The van der Waals surface area contributed by atoms with Gasteiger partial charge in [-0.25, -0.2) is 5.10 Å². The normalized spacial score (nSPS) is 18.9. The Morgan fingerprint density at radius 3 is 2.90 bits per heavy atom. The summed E-state index contributed by atoms with van der Waals surface area (Å²) in [6.07, 6.45) is 2.49. The van der Waals surface area contributed by atoms with Crippen molar-refractivity contribution in [2.45, 2.75) is 26.2 Å². The highest BCUT2D eigenvalue weighted by Gasteiger charge is 2.22. The van der Waals surface area contributed by atoms with Crippen molar-refractivity contribution in [1.82, 2.24) is 15.1 Å². The maximum atomic E-state index is 12.4. The highest BCUT2D eigenvalue weighted by atomic mass is 16.2. The maximum Gasteiger partial charge on any atom is 0.272 e. The van der Waals surface area contributed by atoms with Crippen LogP contribution in [0.5, 0.6) is 0 Å². The topological polar surface area (TPSA) is 66.1 Å². The Morgan fingerprint density at radius 2 is 2.14 bits per heavy atom. The van der Waals surface area contributed by atoms with Gasteiger partial charge in [0.25, 0.3) is 5.56 Å². The smallest absolute Gasteiger partial charge is 0.272 e. The second-order valence-corrected chi connectivity index (χ2v) is 5.81. The van der Waals surface area contributed by atoms with E-state index in [1.54, 1.807) is 6.07 Å². The van der Waals surface area contributed by atoms with Crippen LogP contribution in [0, 0.1) is 5.92 Å². The van der Waals surface area contributed by atoms with Crippen LogP contribution >= 0.6 is 0 Å². The van der Waals surface area contributed by atoms with Crippen molar-refractivity contribution in [2.75, 3.05) is 13.1 Å². The van der Waals surface area contributed by atoms with Crippen LogP contribution < -0.4 is 5.56 Å². The fraction of sp³-hybridized carbons (Fsp3) is 0.438. The molecule has 1 aliphatic heterocycles. The zero-order valence-corrected chi connectivity index (χ0v) is 12.1. The molecule has 5 heteroatoms. The number of fused-ring (bicyclic) bond motifs is 1. The van der Waals surface area contributed by atoms with Gasteiger partial charge in [-0.05, 0) is 24.8 Å². The molecule has 1 aromatic heterocycles. The van der Waals surface area contributed by atoms with Gasteiger partial charge in [-0.15, -0.1) is 0 Å². The van der Waals surface area contributed by atoms with Gasteiger partial charge in [-0.1, -0.05) is 25.1 Å². The van der Waals surface area contributed by atoms with E-state index in [1.165, 1.54) is 6.42 Å². The van der Waals surface area contributed by atoms with Crippen molar-refractivity contribution >= 4 is 16.7 Å². The Labute approximate surface area is 123 Å². The van der Waals surface area contributed by atoms with E-state index in [-0.39, 0.29) is 17.9 Å². The van der Waals surface area contributed by atoms with Gasteiger partial charge in [0.15, 0.2) is 0 Å². The number of hydrogen-bond acceptors (Lipinski definition) is 3. The number of carbonyl (C=O) groups is 1. The Hall–Kier alpha value is -2.17. The largest absolute Gasteiger partial charge is 0.342 e. The fourth-order valence-electron chi connectivity index (χ4n) is 2.98. The molecule has 1 atom stereocenters. The zero-order valence-electron chi connectivity index (χ0n) is 12.1. The Morgan fingerprint density at radius 1 is 1.38 bits per heavy atom. The SMILES string of the molecule is CC1CCCN(C(=O)Cc2n[nH]c(=O)c3ccccc23)C1. The second kappa shape index (κ2) is 5.68. The zero-order chi connectivity index (χ0) is 14.8. The molecule has 5 nitrogen and oxygen atoms in total. The predicted molar refractivity (Wildman–Crippen MR) is 81.0 cm³/mol. The van der Waals surface area contributed by atoms with E-state index in [0.717, 1.165) is 24.9 Å². The minimum Gasteiger partial charge on any atom is -0.342 e. The van der Waals surface area contributed by atoms with Gasteiger partial charge in [0.05, 0.1) is 17.5 Å². The van der Waals surface area contributed by atoms with Crippen molar-refractivity contribution in [2.24, 2.45) is 5.92 Å². The summed E-state index contributed by atoms with van der Waals surface area (Å²) in [5.41, 5.74) is 0.432. The van der Waals surface area contributed by atoms with Gasteiger partial charge in [-0.3, -0.25) is 9.59 Å². The van der Waals surface area contributed by atoms with Crippen LogP contribution in [0.3, 0.4) is 0 Å². The first-order chi connectivity index (χ1) is 10.1. The Bertz CT molecular complexity index is 723. The summed E-state index contributed by atoms with van der Waals surface area (Å²) in [4.78, 5) is 26.1. The van der Waals surface area contributed by atoms with E-state index in [9.17, 15) is 9.59 Å². The summed E-state index contributed by atoms with van der Waals surface area (Å²) < 4.78 is 0. The molecule has 1 fully saturated rings. The summed E-state index contributed by atoms with van der Waals surface area (Å²) in [7, 11) is 0. The molecular formula is C16H19N3O2. The molecule has 0 aliphatic carbocycles. The van der Waals surface area contributed by atoms with Crippen molar-refractivity contribution < 1.29 is 4.79 Å². The van der Waals surface area contributed by atoms with Gasteiger partial charge in [0, 0.05) is 18.5 Å². The van der Waals surface area contributed by atoms with Crippen molar-refractivity contribution in [3.05, 3.63) is 40.3 Å². The summed E-state index contributed by atoms with van der Waals surface area (Å²) >= 11 is 0. The minimum atomic E-state index is -0.214. The molecule has 110 valence electrons. The van der Waals surface area contributed by atoms with Crippen LogP contribution in [0.2, 0.25) is 0 Å². The molecule has 1 N–H and O–H groups in total. The lowest BCUT2D eigenvalue weighted by molar-refractivity contribution is -0.132. The number of aromatic amines is 1. The maximum absolute atomic E-state index is 12.4. The van der Waals surface area contributed by atoms with E-state index in [4.69, 9.17) is 0 Å². The first kappa shape index (κ1) is 13.8. The number of amides is 1. The number of nitrogens with zero attached hydrogens (tertiary/aromatic N) is 2. The number of carbonyl (C=O) groups excluding carboxylic acids is 1. The molecule has 1 aliphatic rings. The molecule has 21 heavy (non-hydrogen) atoms. The van der Waals surface area contributed by atoms with E-state index >= 15 is 0 Å². The quantitative estimate of drug-likeness (QED) is 0.913. The third-order valence-electron chi connectivity index (χ3n) is 4.10. The minimum absolute atomic E-state index is 0.0891. The average Bonchev–Trinajstić information content (AvgIpc) is 2.50. The molecule has 0 radical (unpaired) electrons. The van der Waals surface area contributed by atoms with E-state index < -0.39 is 0 Å². The van der Waals surface area contributed by atoms with Gasteiger partial charge in [0.2, 0.25) is 5.91 Å². The fourth-order valence-corrected chi connectivity index (χ4v) is 2.98. The summed E-state index contributed by atoms with van der Waals surface area (Å²) in [6, 6.07) is 7.28. The van der Waals surface area contributed by atoms with Gasteiger partial charge in [-0.2, -0.15) is 5.10 Å². The summed E-state index contributed by atoms with van der Waals surface area (Å²) in [5.74, 6) is 0.647. The lowest BCUT2D eigenvalue weighted by Gasteiger charge is -2.31. The Balaban J connectivity index is 1.86. The van der Waals surface area contributed by atoms with Crippen molar-refractivity contribution in [3.63, 3.8) is 0 Å². The molecule has 1 aromatic carbocycles. The predicted octanol–water partition coefficient (Wildman–Crippen LogP) is 1.72. The third kappa shape index (κ3) is 2.82. The van der Waals surface area contributed by atoms with Gasteiger partial charge in [0.1, 0.15) is 0 Å². The molecule has 1 unspecified atom stereocenters. The Kier molecular flexibility index (Phi) is 3.73. The lowest BCUT2D eigenvalue weighted by Crippen LogP contribution is -2.40. The molecular weight excluding hydrogens is 266 g/mol. The average molecular weight is 285 g/mol. The van der Waals surface area contributed by atoms with Crippen LogP contribution in [-0.4, -0.2) is 34.1 Å². The van der Waals surface area contributed by atoms with Gasteiger partial charge >= 0.3 is 0 Å². The van der Waals surface area contributed by atoms with Crippen LogP contribution in [0.25, 0.3) is 10.8 Å². The molecule has 3 rings (SSSR count). The molecule has 0 bridgehead atoms. The van der Waals surface area contributed by atoms with E-state index in [0.29, 0.717) is 17.0 Å². The number of hydrogen-bond donors (Lipinski definition) is 1. The molecule has 1 saturated heterocycles. The number of nitrogens with one attached hydrogen (secondary N) is 1. The molecule has 0 saturated carbocycles. The van der Waals surface area contributed by atoms with Crippen LogP contribution in [0.1, 0.15) is 25.5 Å². The number of piperidine rings is 1. The third-order valence-corrected chi connectivity index (χ3v) is 4.10. The monoisotopic (exact) mass is 285 g/mol.